The smallest absolute Gasteiger partial charge is 0.263 e. The van der Waals surface area contributed by atoms with Crippen molar-refractivity contribution in [1.29, 1.82) is 0 Å². The molecule has 1 aromatic carbocycles. The Hall–Kier alpha value is -0.720. The lowest BCUT2D eigenvalue weighted by Gasteiger charge is -2.11. The lowest BCUT2D eigenvalue weighted by Crippen LogP contribution is -2.35. The lowest BCUT2D eigenvalue weighted by molar-refractivity contribution is 0.0985. The molecule has 1 aliphatic rings. The largest absolute Gasteiger partial charge is 0.279 e. The molecular weight excluding hydrogens is 256 g/mol. The molecule has 1 aromatic rings. The van der Waals surface area contributed by atoms with Crippen LogP contribution in [0.3, 0.4) is 0 Å². The molecule has 13 heavy (non-hydrogen) atoms. The van der Waals surface area contributed by atoms with E-state index in [2.05, 4.69) is 20.7 Å². The molecule has 0 radical (unpaired) electrons. The molecule has 0 fully saturated rings. The van der Waals surface area contributed by atoms with Crippen molar-refractivity contribution < 1.29 is 9.00 Å². The Labute approximate surface area is 84.3 Å². The molecule has 6 heteroatoms. The third-order valence-electron chi connectivity index (χ3n) is 1.83. The maximum Gasteiger partial charge on any atom is 0.263 e. The van der Waals surface area contributed by atoms with Gasteiger partial charge in [-0.1, -0.05) is 15.9 Å². The van der Waals surface area contributed by atoms with Crippen molar-refractivity contribution in [3.05, 3.63) is 28.2 Å². The van der Waals surface area contributed by atoms with Crippen LogP contribution in [0.25, 0.3) is 0 Å². The number of hydrogen-bond donors (Lipinski definition) is 3. The highest BCUT2D eigenvalue weighted by Crippen LogP contribution is 2.26. The Morgan fingerprint density at radius 2 is 2.15 bits per heavy atom. The fourth-order valence-corrected chi connectivity index (χ4v) is 3.19. The molecule has 0 saturated carbocycles. The summed E-state index contributed by atoms with van der Waals surface area (Å²) in [6, 6.07) is 4.92. The average molecular weight is 263 g/mol. The molecule has 4 nitrogen and oxygen atoms in total. The number of thiol groups is 1. The first-order valence-corrected chi connectivity index (χ1v) is 6.09. The van der Waals surface area contributed by atoms with Crippen molar-refractivity contribution in [2.75, 3.05) is 0 Å². The Bertz CT molecular complexity index is 446. The topological polar surface area (TPSA) is 72.2 Å². The number of amides is 1. The van der Waals surface area contributed by atoms with Gasteiger partial charge < -0.3 is 0 Å². The number of nitrogens with two attached hydrogens (primary N) is 1. The Balaban J connectivity index is 2.74. The number of carbonyl (C=O) groups is 1. The first-order valence-electron chi connectivity index (χ1n) is 3.52. The minimum Gasteiger partial charge on any atom is -0.279 e. The zero-order chi connectivity index (χ0) is 9.64. The Morgan fingerprint density at radius 3 is 2.85 bits per heavy atom. The van der Waals surface area contributed by atoms with Crippen molar-refractivity contribution in [3.8, 4) is 0 Å². The van der Waals surface area contributed by atoms with Gasteiger partial charge in [0.05, 0.1) is 10.5 Å². The monoisotopic (exact) mass is 262 g/mol. The molecule has 3 N–H and O–H groups in total. The summed E-state index contributed by atoms with van der Waals surface area (Å²) in [5.74, 6) is -0.367. The fraction of sp³-hybridized carbons (Fsp3) is 0. The summed E-state index contributed by atoms with van der Waals surface area (Å²) in [5, 5.41) is 5.45. The van der Waals surface area contributed by atoms with E-state index < -0.39 is 10.3 Å². The van der Waals surface area contributed by atoms with Gasteiger partial charge in [-0.2, -0.15) is 0 Å². The molecule has 0 bridgehead atoms. The highest BCUT2D eigenvalue weighted by molar-refractivity contribution is 9.10. The van der Waals surface area contributed by atoms with Crippen LogP contribution in [0.1, 0.15) is 10.4 Å². The number of nitrogens with one attached hydrogen (secondary N) is 1. The van der Waals surface area contributed by atoms with E-state index in [1.807, 2.05) is 0 Å². The van der Waals surface area contributed by atoms with E-state index in [4.69, 9.17) is 5.14 Å². The van der Waals surface area contributed by atoms with Gasteiger partial charge in [0.2, 0.25) is 0 Å². The van der Waals surface area contributed by atoms with Crippen molar-refractivity contribution >= 4 is 32.1 Å². The van der Waals surface area contributed by atoms with E-state index in [-0.39, 0.29) is 5.91 Å². The first kappa shape index (κ1) is 8.86. The van der Waals surface area contributed by atoms with Crippen LogP contribution in [0, 0.1) is 0 Å². The fourth-order valence-electron chi connectivity index (χ4n) is 1.24. The van der Waals surface area contributed by atoms with Crippen molar-refractivity contribution in [3.63, 3.8) is 0 Å². The van der Waals surface area contributed by atoms with E-state index >= 15 is 0 Å². The number of fused-ring (bicyclic) bond motifs is 1. The molecule has 0 unspecified atom stereocenters. The zero-order valence-corrected chi connectivity index (χ0v) is 8.93. The quantitative estimate of drug-likeness (QED) is 0.591. The van der Waals surface area contributed by atoms with Crippen LogP contribution in [-0.2, 0) is 10.3 Å². The number of benzene rings is 1. The highest BCUT2D eigenvalue weighted by Gasteiger charge is 2.29. The van der Waals surface area contributed by atoms with Gasteiger partial charge in [0, 0.05) is 14.8 Å². The number of halogens is 1. The van der Waals surface area contributed by atoms with Crippen LogP contribution in [0.5, 0.6) is 0 Å². The van der Waals surface area contributed by atoms with Gasteiger partial charge in [-0.15, -0.1) is 0 Å². The summed E-state index contributed by atoms with van der Waals surface area (Å²) in [7, 11) is -3.15. The Kier molecular flexibility index (Phi) is 1.79. The normalized spacial score (nSPS) is 20.6. The molecule has 70 valence electrons. The second-order valence-corrected chi connectivity index (χ2v) is 5.70. The molecule has 1 amide bonds. The predicted octanol–water partition coefficient (Wildman–Crippen LogP) is 0.357. The molecule has 0 spiro atoms. The van der Waals surface area contributed by atoms with Gasteiger partial charge in [0.1, 0.15) is 0 Å². The number of rotatable bonds is 0. The maximum absolute atomic E-state index is 11.6. The van der Waals surface area contributed by atoms with Crippen molar-refractivity contribution in [2.24, 2.45) is 5.14 Å². The summed E-state index contributed by atoms with van der Waals surface area (Å²) in [6.07, 6.45) is 0. The average Bonchev–Trinajstić information content (AvgIpc) is 2.23. The molecule has 0 atom stereocenters. The SMILES string of the molecule is N[SH]1(=O)NC(=O)c2ccc(Br)cc21. The van der Waals surface area contributed by atoms with Crippen LogP contribution < -0.4 is 9.86 Å². The van der Waals surface area contributed by atoms with E-state index in [0.29, 0.717) is 10.5 Å². The van der Waals surface area contributed by atoms with Crippen molar-refractivity contribution in [1.82, 2.24) is 4.72 Å². The minimum absolute atomic E-state index is 0.367. The van der Waals surface area contributed by atoms with Crippen LogP contribution in [0.2, 0.25) is 0 Å². The summed E-state index contributed by atoms with van der Waals surface area (Å²) in [6.45, 7) is 0. The number of carbonyl (C=O) groups excluding carboxylic acids is 1. The first-order chi connectivity index (χ1) is 6.00. The van der Waals surface area contributed by atoms with Gasteiger partial charge in [-0.25, -0.2) is 4.21 Å². The maximum atomic E-state index is 11.6. The van der Waals surface area contributed by atoms with Gasteiger partial charge in [0.25, 0.3) is 5.91 Å². The van der Waals surface area contributed by atoms with Crippen LogP contribution in [0.15, 0.2) is 27.6 Å². The predicted molar refractivity (Wildman–Crippen MR) is 53.6 cm³/mol. The third-order valence-corrected chi connectivity index (χ3v) is 3.94. The van der Waals surface area contributed by atoms with E-state index in [0.717, 1.165) is 4.47 Å². The minimum atomic E-state index is -3.15. The summed E-state index contributed by atoms with van der Waals surface area (Å²) >= 11 is 3.22. The van der Waals surface area contributed by atoms with Crippen LogP contribution in [-0.4, -0.2) is 10.1 Å². The second-order valence-electron chi connectivity index (χ2n) is 2.76. The molecule has 0 aromatic heterocycles. The van der Waals surface area contributed by atoms with Crippen LogP contribution >= 0.6 is 15.9 Å². The lowest BCUT2D eigenvalue weighted by atomic mass is 10.2. The third kappa shape index (κ3) is 1.31. The van der Waals surface area contributed by atoms with E-state index in [1.165, 1.54) is 0 Å². The summed E-state index contributed by atoms with van der Waals surface area (Å²) < 4.78 is 14.6. The van der Waals surface area contributed by atoms with Gasteiger partial charge in [-0.05, 0) is 18.2 Å². The van der Waals surface area contributed by atoms with E-state index in [9.17, 15) is 9.00 Å². The summed E-state index contributed by atoms with van der Waals surface area (Å²) in [4.78, 5) is 11.6. The molecular formula is C7H7BrN2O2S. The zero-order valence-electron chi connectivity index (χ0n) is 6.45. The molecule has 1 heterocycles. The van der Waals surface area contributed by atoms with Gasteiger partial charge >= 0.3 is 0 Å². The van der Waals surface area contributed by atoms with Crippen LogP contribution in [0.4, 0.5) is 0 Å². The second kappa shape index (κ2) is 2.63. The Morgan fingerprint density at radius 1 is 1.46 bits per heavy atom. The van der Waals surface area contributed by atoms with E-state index in [1.54, 1.807) is 18.2 Å². The molecule has 0 saturated heterocycles. The van der Waals surface area contributed by atoms with Gasteiger partial charge in [0.15, 0.2) is 0 Å². The number of hydrogen-bond acceptors (Lipinski definition) is 2. The molecule has 1 aliphatic heterocycles. The van der Waals surface area contributed by atoms with Crippen molar-refractivity contribution in [2.45, 2.75) is 4.90 Å². The molecule has 0 aliphatic carbocycles. The highest BCUT2D eigenvalue weighted by atomic mass is 79.9. The summed E-state index contributed by atoms with van der Waals surface area (Å²) in [5.41, 5.74) is 0.397. The van der Waals surface area contributed by atoms with Gasteiger partial charge in [-0.3, -0.25) is 14.7 Å². The molecule has 2 rings (SSSR count). The standard InChI is InChI=1S/C7H7BrN2O2S/c8-4-1-2-5-6(3-4)13(9,12)10-7(5)11/h1-3,13H,(H3,9,10,11,12).